The Morgan fingerprint density at radius 2 is 1.77 bits per heavy atom. The van der Waals surface area contributed by atoms with Crippen LogP contribution < -0.4 is 14.8 Å². The van der Waals surface area contributed by atoms with Crippen LogP contribution in [0.3, 0.4) is 0 Å². The van der Waals surface area contributed by atoms with Crippen molar-refractivity contribution in [1.29, 1.82) is 0 Å². The molecule has 0 radical (unpaired) electrons. The Morgan fingerprint density at radius 1 is 1.04 bits per heavy atom. The Kier molecular flexibility index (Phi) is 7.45. The number of carbonyl (C=O) groups is 1. The average Bonchev–Trinajstić information content (AvgIpc) is 2.60. The molecule has 5 heteroatoms. The first-order valence-electron chi connectivity index (χ1n) is 8.89. The molecule has 0 bridgehead atoms. The monoisotopic (exact) mass is 359 g/mol. The Hall–Kier alpha value is -2.56. The molecular weight excluding hydrogens is 333 g/mol. The second kappa shape index (κ2) is 9.80. The Bertz CT molecular complexity index is 701. The fraction of sp³-hybridized carbons (Fsp3) is 0.381. The summed E-state index contributed by atoms with van der Waals surface area (Å²) in [5.74, 6) is 0.808. The maximum absolute atomic E-state index is 12.9. The number of hydrogen-bond donors (Lipinski definition) is 1. The number of benzene rings is 2. The molecule has 1 atom stereocenters. The molecule has 0 fully saturated rings. The van der Waals surface area contributed by atoms with Gasteiger partial charge in [-0.25, -0.2) is 4.39 Å². The topological polar surface area (TPSA) is 47.6 Å². The summed E-state index contributed by atoms with van der Waals surface area (Å²) in [6, 6.07) is 13.6. The second-order valence-corrected chi connectivity index (χ2v) is 6.42. The van der Waals surface area contributed by atoms with E-state index in [9.17, 15) is 9.18 Å². The molecule has 4 nitrogen and oxygen atoms in total. The Labute approximate surface area is 154 Å². The lowest BCUT2D eigenvalue weighted by molar-refractivity contribution is -0.127. The highest BCUT2D eigenvalue weighted by molar-refractivity contribution is 5.80. The average molecular weight is 359 g/mol. The van der Waals surface area contributed by atoms with Crippen LogP contribution >= 0.6 is 0 Å². The van der Waals surface area contributed by atoms with Crippen molar-refractivity contribution in [3.05, 3.63) is 59.9 Å². The minimum Gasteiger partial charge on any atom is -0.491 e. The van der Waals surface area contributed by atoms with Crippen molar-refractivity contribution in [3.8, 4) is 11.5 Å². The van der Waals surface area contributed by atoms with Crippen LogP contribution in [0.5, 0.6) is 11.5 Å². The van der Waals surface area contributed by atoms with Gasteiger partial charge in [0.05, 0.1) is 6.10 Å². The number of hydrogen-bond acceptors (Lipinski definition) is 3. The van der Waals surface area contributed by atoms with E-state index in [-0.39, 0.29) is 17.8 Å². The lowest BCUT2D eigenvalue weighted by atomic mass is 10.1. The molecule has 2 rings (SSSR count). The van der Waals surface area contributed by atoms with Gasteiger partial charge in [-0.05, 0) is 75.6 Å². The zero-order chi connectivity index (χ0) is 18.9. The molecule has 1 N–H and O–H groups in total. The molecule has 140 valence electrons. The summed E-state index contributed by atoms with van der Waals surface area (Å²) in [5, 5.41) is 2.86. The van der Waals surface area contributed by atoms with Crippen LogP contribution in [0.2, 0.25) is 0 Å². The van der Waals surface area contributed by atoms with Crippen LogP contribution in [-0.4, -0.2) is 24.7 Å². The van der Waals surface area contributed by atoms with Gasteiger partial charge in [-0.3, -0.25) is 4.79 Å². The maximum atomic E-state index is 12.9. The molecule has 26 heavy (non-hydrogen) atoms. The molecule has 0 aliphatic rings. The molecule has 0 aliphatic heterocycles. The minimum absolute atomic E-state index is 0.145. The quantitative estimate of drug-likeness (QED) is 0.685. The van der Waals surface area contributed by atoms with Crippen molar-refractivity contribution in [2.75, 3.05) is 6.54 Å². The predicted octanol–water partition coefficient (Wildman–Crippen LogP) is 4.13. The lowest BCUT2D eigenvalue weighted by Gasteiger charge is -2.15. The van der Waals surface area contributed by atoms with Crippen LogP contribution in [0, 0.1) is 5.82 Å². The molecular formula is C21H26FNO3. The van der Waals surface area contributed by atoms with Gasteiger partial charge in [-0.1, -0.05) is 12.1 Å². The Morgan fingerprint density at radius 3 is 2.46 bits per heavy atom. The van der Waals surface area contributed by atoms with Crippen LogP contribution in [0.25, 0.3) is 0 Å². The van der Waals surface area contributed by atoms with Gasteiger partial charge >= 0.3 is 0 Å². The zero-order valence-corrected chi connectivity index (χ0v) is 15.5. The van der Waals surface area contributed by atoms with E-state index < -0.39 is 6.10 Å². The third-order valence-corrected chi connectivity index (χ3v) is 3.71. The molecule has 0 aromatic heterocycles. The summed E-state index contributed by atoms with van der Waals surface area (Å²) >= 11 is 0. The summed E-state index contributed by atoms with van der Waals surface area (Å²) in [6.07, 6.45) is 1.18. The lowest BCUT2D eigenvalue weighted by Crippen LogP contribution is -2.36. The van der Waals surface area contributed by atoms with E-state index in [2.05, 4.69) is 11.4 Å². The van der Waals surface area contributed by atoms with Crippen LogP contribution in [0.1, 0.15) is 32.8 Å². The molecule has 2 aromatic carbocycles. The SMILES string of the molecule is CC(C)Oc1cccc(CCCNC(=O)[C@@H](C)Oc2ccc(F)cc2)c1. The van der Waals surface area contributed by atoms with Gasteiger partial charge < -0.3 is 14.8 Å². The molecule has 2 aromatic rings. The molecule has 0 aliphatic carbocycles. The number of carbonyl (C=O) groups excluding carboxylic acids is 1. The largest absolute Gasteiger partial charge is 0.491 e. The van der Waals surface area contributed by atoms with E-state index in [1.165, 1.54) is 29.8 Å². The van der Waals surface area contributed by atoms with Gasteiger partial charge in [0.1, 0.15) is 17.3 Å². The highest BCUT2D eigenvalue weighted by Gasteiger charge is 2.14. The number of halogens is 1. The zero-order valence-electron chi connectivity index (χ0n) is 15.5. The van der Waals surface area contributed by atoms with Crippen LogP contribution in [0.4, 0.5) is 4.39 Å². The summed E-state index contributed by atoms with van der Waals surface area (Å²) in [5.41, 5.74) is 1.17. The molecule has 0 saturated carbocycles. The van der Waals surface area contributed by atoms with Gasteiger partial charge in [0, 0.05) is 6.54 Å². The molecule has 0 heterocycles. The molecule has 0 saturated heterocycles. The summed E-state index contributed by atoms with van der Waals surface area (Å²) in [6.45, 7) is 6.23. The normalized spacial score (nSPS) is 11.9. The summed E-state index contributed by atoms with van der Waals surface area (Å²) < 4.78 is 24.1. The fourth-order valence-corrected chi connectivity index (χ4v) is 2.47. The van der Waals surface area contributed by atoms with E-state index in [4.69, 9.17) is 9.47 Å². The van der Waals surface area contributed by atoms with Gasteiger partial charge in [-0.2, -0.15) is 0 Å². The second-order valence-electron chi connectivity index (χ2n) is 6.42. The molecule has 1 amide bonds. The van der Waals surface area contributed by atoms with Gasteiger partial charge in [-0.15, -0.1) is 0 Å². The van der Waals surface area contributed by atoms with Crippen molar-refractivity contribution in [2.45, 2.75) is 45.8 Å². The standard InChI is InChI=1S/C21H26FNO3/c1-15(2)25-20-8-4-6-17(14-20)7-5-13-23-21(24)16(3)26-19-11-9-18(22)10-12-19/h4,6,8-12,14-16H,5,7,13H2,1-3H3,(H,23,24)/t16-/m1/s1. The number of amides is 1. The maximum Gasteiger partial charge on any atom is 0.260 e. The molecule has 0 unspecified atom stereocenters. The van der Waals surface area contributed by atoms with Crippen molar-refractivity contribution in [3.63, 3.8) is 0 Å². The molecule has 0 spiro atoms. The van der Waals surface area contributed by atoms with E-state index >= 15 is 0 Å². The highest BCUT2D eigenvalue weighted by Crippen LogP contribution is 2.16. The number of nitrogens with one attached hydrogen (secondary N) is 1. The number of ether oxygens (including phenoxy) is 2. The number of rotatable bonds is 9. The first-order valence-corrected chi connectivity index (χ1v) is 8.89. The van der Waals surface area contributed by atoms with Crippen LogP contribution in [-0.2, 0) is 11.2 Å². The smallest absolute Gasteiger partial charge is 0.260 e. The van der Waals surface area contributed by atoms with E-state index in [0.717, 1.165) is 18.6 Å². The summed E-state index contributed by atoms with van der Waals surface area (Å²) in [4.78, 5) is 12.1. The first kappa shape index (κ1) is 19.8. The van der Waals surface area contributed by atoms with E-state index in [1.807, 2.05) is 32.0 Å². The predicted molar refractivity (Wildman–Crippen MR) is 100 cm³/mol. The van der Waals surface area contributed by atoms with Crippen molar-refractivity contribution in [2.24, 2.45) is 0 Å². The van der Waals surface area contributed by atoms with E-state index in [0.29, 0.717) is 12.3 Å². The first-order chi connectivity index (χ1) is 12.4. The highest BCUT2D eigenvalue weighted by atomic mass is 19.1. The fourth-order valence-electron chi connectivity index (χ4n) is 2.47. The minimum atomic E-state index is -0.636. The van der Waals surface area contributed by atoms with E-state index in [1.54, 1.807) is 6.92 Å². The van der Waals surface area contributed by atoms with Gasteiger partial charge in [0.25, 0.3) is 5.91 Å². The summed E-state index contributed by atoms with van der Waals surface area (Å²) in [7, 11) is 0. The van der Waals surface area contributed by atoms with Crippen molar-refractivity contribution in [1.82, 2.24) is 5.32 Å². The van der Waals surface area contributed by atoms with Gasteiger partial charge in [0.2, 0.25) is 0 Å². The van der Waals surface area contributed by atoms with Crippen LogP contribution in [0.15, 0.2) is 48.5 Å². The third-order valence-electron chi connectivity index (χ3n) is 3.71. The number of aryl methyl sites for hydroxylation is 1. The van der Waals surface area contributed by atoms with Crippen molar-refractivity contribution >= 4 is 5.91 Å². The van der Waals surface area contributed by atoms with Gasteiger partial charge in [0.15, 0.2) is 6.10 Å². The third kappa shape index (κ3) is 6.75. The van der Waals surface area contributed by atoms with Crippen molar-refractivity contribution < 1.29 is 18.7 Å². The Balaban J connectivity index is 1.71.